The molecule has 0 bridgehead atoms. The molecule has 1 aliphatic heterocycles. The van der Waals surface area contributed by atoms with Gasteiger partial charge in [0, 0.05) is 37.6 Å². The first-order valence-corrected chi connectivity index (χ1v) is 9.24. The van der Waals surface area contributed by atoms with Gasteiger partial charge in [0.05, 0.1) is 6.04 Å². The molecule has 132 valence electrons. The van der Waals surface area contributed by atoms with Crippen molar-refractivity contribution in [1.29, 1.82) is 0 Å². The largest absolute Gasteiger partial charge is 0.384 e. The molecule has 2 aromatic rings. The SMILES string of the molecule is Cc1ccccc1NCCC(=O)N1CCCCCC1c1ccncc1. The molecule has 1 aromatic heterocycles. The second-order valence-corrected chi connectivity index (χ2v) is 6.72. The number of anilines is 1. The minimum Gasteiger partial charge on any atom is -0.384 e. The van der Waals surface area contributed by atoms with Crippen LogP contribution in [0.25, 0.3) is 0 Å². The van der Waals surface area contributed by atoms with Crippen molar-refractivity contribution in [2.45, 2.75) is 45.1 Å². The summed E-state index contributed by atoms with van der Waals surface area (Å²) in [6.07, 6.45) is 8.69. The molecule has 0 radical (unpaired) electrons. The van der Waals surface area contributed by atoms with Crippen LogP contribution < -0.4 is 5.32 Å². The Morgan fingerprint density at radius 2 is 1.96 bits per heavy atom. The Kier molecular flexibility index (Phi) is 6.04. The van der Waals surface area contributed by atoms with Gasteiger partial charge in [0.15, 0.2) is 0 Å². The Morgan fingerprint density at radius 1 is 1.16 bits per heavy atom. The minimum atomic E-state index is 0.191. The van der Waals surface area contributed by atoms with Crippen molar-refractivity contribution in [3.8, 4) is 0 Å². The monoisotopic (exact) mass is 337 g/mol. The summed E-state index contributed by atoms with van der Waals surface area (Å²) in [6.45, 7) is 3.61. The minimum absolute atomic E-state index is 0.191. The van der Waals surface area contributed by atoms with E-state index in [1.807, 2.05) is 36.7 Å². The highest BCUT2D eigenvalue weighted by Gasteiger charge is 2.26. The molecule has 1 unspecified atom stereocenters. The highest BCUT2D eigenvalue weighted by molar-refractivity contribution is 5.77. The quantitative estimate of drug-likeness (QED) is 0.883. The van der Waals surface area contributed by atoms with Crippen LogP contribution in [0.4, 0.5) is 5.69 Å². The van der Waals surface area contributed by atoms with Crippen LogP contribution >= 0.6 is 0 Å². The van der Waals surface area contributed by atoms with Gasteiger partial charge in [-0.3, -0.25) is 9.78 Å². The third-order valence-electron chi connectivity index (χ3n) is 4.96. The van der Waals surface area contributed by atoms with E-state index in [0.29, 0.717) is 13.0 Å². The lowest BCUT2D eigenvalue weighted by Crippen LogP contribution is -2.35. The van der Waals surface area contributed by atoms with Crippen molar-refractivity contribution in [3.05, 3.63) is 59.9 Å². The van der Waals surface area contributed by atoms with Gasteiger partial charge in [-0.05, 0) is 49.1 Å². The molecule has 1 saturated heterocycles. The van der Waals surface area contributed by atoms with Crippen LogP contribution in [0.2, 0.25) is 0 Å². The average molecular weight is 337 g/mol. The molecule has 1 atom stereocenters. The lowest BCUT2D eigenvalue weighted by atomic mass is 10.0. The predicted molar refractivity (Wildman–Crippen MR) is 101 cm³/mol. The van der Waals surface area contributed by atoms with Crippen molar-refractivity contribution in [2.75, 3.05) is 18.4 Å². The van der Waals surface area contributed by atoms with E-state index in [1.165, 1.54) is 24.0 Å². The normalized spacial score (nSPS) is 17.8. The zero-order valence-corrected chi connectivity index (χ0v) is 14.9. The summed E-state index contributed by atoms with van der Waals surface area (Å²) in [5.74, 6) is 0.241. The van der Waals surface area contributed by atoms with Crippen LogP contribution in [0.3, 0.4) is 0 Å². The topological polar surface area (TPSA) is 45.2 Å². The van der Waals surface area contributed by atoms with E-state index in [4.69, 9.17) is 0 Å². The van der Waals surface area contributed by atoms with Gasteiger partial charge in [0.1, 0.15) is 0 Å². The average Bonchev–Trinajstić information content (AvgIpc) is 2.90. The predicted octanol–water partition coefficient (Wildman–Crippen LogP) is 4.34. The molecular weight excluding hydrogens is 310 g/mol. The summed E-state index contributed by atoms with van der Waals surface area (Å²) in [5, 5.41) is 3.40. The molecule has 1 fully saturated rings. The number of para-hydroxylation sites is 1. The highest BCUT2D eigenvalue weighted by Crippen LogP contribution is 2.30. The van der Waals surface area contributed by atoms with Crippen LogP contribution in [0.5, 0.6) is 0 Å². The van der Waals surface area contributed by atoms with Crippen molar-refractivity contribution in [3.63, 3.8) is 0 Å². The standard InChI is InChI=1S/C21H27N3O/c1-17-7-4-5-8-19(17)23-15-12-21(25)24-16-6-2-3-9-20(24)18-10-13-22-14-11-18/h4-5,7-8,10-11,13-14,20,23H,2-3,6,9,12,15-16H2,1H3. The highest BCUT2D eigenvalue weighted by atomic mass is 16.2. The van der Waals surface area contributed by atoms with Crippen LogP contribution in [-0.4, -0.2) is 28.9 Å². The first kappa shape index (κ1) is 17.5. The summed E-state index contributed by atoms with van der Waals surface area (Å²) in [5.41, 5.74) is 3.52. The number of nitrogens with zero attached hydrogens (tertiary/aromatic N) is 2. The molecule has 1 amide bonds. The lowest BCUT2D eigenvalue weighted by Gasteiger charge is -2.30. The summed E-state index contributed by atoms with van der Waals surface area (Å²) in [6, 6.07) is 12.5. The fraction of sp³-hybridized carbons (Fsp3) is 0.429. The fourth-order valence-corrected chi connectivity index (χ4v) is 3.56. The van der Waals surface area contributed by atoms with Gasteiger partial charge in [0.2, 0.25) is 5.91 Å². The van der Waals surface area contributed by atoms with Crippen LogP contribution in [0.1, 0.15) is 49.3 Å². The Morgan fingerprint density at radius 3 is 2.76 bits per heavy atom. The van der Waals surface area contributed by atoms with Gasteiger partial charge < -0.3 is 10.2 Å². The first-order chi connectivity index (χ1) is 12.3. The third kappa shape index (κ3) is 4.59. The summed E-state index contributed by atoms with van der Waals surface area (Å²) in [7, 11) is 0. The first-order valence-electron chi connectivity index (χ1n) is 9.24. The second kappa shape index (κ2) is 8.65. The molecule has 4 heteroatoms. The second-order valence-electron chi connectivity index (χ2n) is 6.72. The number of hydrogen-bond acceptors (Lipinski definition) is 3. The number of carbonyl (C=O) groups is 1. The smallest absolute Gasteiger partial charge is 0.224 e. The number of aromatic nitrogens is 1. The molecule has 1 aromatic carbocycles. The zero-order valence-electron chi connectivity index (χ0n) is 14.9. The summed E-state index contributed by atoms with van der Waals surface area (Å²) in [4.78, 5) is 19.1. The summed E-state index contributed by atoms with van der Waals surface area (Å²) >= 11 is 0. The molecule has 1 N–H and O–H groups in total. The van der Waals surface area contributed by atoms with E-state index in [1.54, 1.807) is 0 Å². The van der Waals surface area contributed by atoms with Crippen LogP contribution in [0, 0.1) is 6.92 Å². The zero-order chi connectivity index (χ0) is 17.5. The molecule has 3 rings (SSSR count). The maximum atomic E-state index is 12.9. The number of aryl methyl sites for hydroxylation is 1. The van der Waals surface area contributed by atoms with E-state index >= 15 is 0 Å². The third-order valence-corrected chi connectivity index (χ3v) is 4.96. The summed E-state index contributed by atoms with van der Waals surface area (Å²) < 4.78 is 0. The molecule has 25 heavy (non-hydrogen) atoms. The molecule has 1 aliphatic rings. The molecular formula is C21H27N3O. The van der Waals surface area contributed by atoms with Gasteiger partial charge in [-0.1, -0.05) is 31.0 Å². The molecule has 4 nitrogen and oxygen atoms in total. The fourth-order valence-electron chi connectivity index (χ4n) is 3.56. The molecule has 2 heterocycles. The van der Waals surface area contributed by atoms with E-state index in [9.17, 15) is 4.79 Å². The van der Waals surface area contributed by atoms with E-state index in [0.717, 1.165) is 25.1 Å². The van der Waals surface area contributed by atoms with Crippen molar-refractivity contribution in [1.82, 2.24) is 9.88 Å². The van der Waals surface area contributed by atoms with E-state index in [-0.39, 0.29) is 11.9 Å². The maximum Gasteiger partial charge on any atom is 0.224 e. The van der Waals surface area contributed by atoms with E-state index < -0.39 is 0 Å². The maximum absolute atomic E-state index is 12.9. The Balaban J connectivity index is 1.63. The number of amides is 1. The van der Waals surface area contributed by atoms with E-state index in [2.05, 4.69) is 34.3 Å². The Hall–Kier alpha value is -2.36. The number of carbonyl (C=O) groups excluding carboxylic acids is 1. The lowest BCUT2D eigenvalue weighted by molar-refractivity contribution is -0.133. The van der Waals surface area contributed by atoms with Gasteiger partial charge >= 0.3 is 0 Å². The Labute approximate surface area is 150 Å². The molecule has 0 saturated carbocycles. The number of nitrogens with one attached hydrogen (secondary N) is 1. The number of rotatable bonds is 5. The van der Waals surface area contributed by atoms with Crippen molar-refractivity contribution >= 4 is 11.6 Å². The number of pyridine rings is 1. The van der Waals surface area contributed by atoms with Crippen LogP contribution in [-0.2, 0) is 4.79 Å². The van der Waals surface area contributed by atoms with Gasteiger partial charge in [-0.2, -0.15) is 0 Å². The Bertz CT molecular complexity index is 687. The molecule has 0 spiro atoms. The number of likely N-dealkylation sites (tertiary alicyclic amines) is 1. The number of hydrogen-bond donors (Lipinski definition) is 1. The number of benzene rings is 1. The van der Waals surface area contributed by atoms with Gasteiger partial charge in [-0.25, -0.2) is 0 Å². The van der Waals surface area contributed by atoms with Crippen molar-refractivity contribution in [2.24, 2.45) is 0 Å². The van der Waals surface area contributed by atoms with Gasteiger partial charge in [0.25, 0.3) is 0 Å². The van der Waals surface area contributed by atoms with Crippen molar-refractivity contribution < 1.29 is 4.79 Å². The van der Waals surface area contributed by atoms with Gasteiger partial charge in [-0.15, -0.1) is 0 Å². The van der Waals surface area contributed by atoms with Crippen LogP contribution in [0.15, 0.2) is 48.8 Å². The molecule has 0 aliphatic carbocycles.